The molecule has 0 aliphatic heterocycles. The van der Waals surface area contributed by atoms with E-state index in [1.165, 1.54) is 0 Å². The summed E-state index contributed by atoms with van der Waals surface area (Å²) in [6, 6.07) is 0. The van der Waals surface area contributed by atoms with Crippen LogP contribution in [0, 0.1) is 23.7 Å². The quantitative estimate of drug-likeness (QED) is 0.0619. The Kier molecular flexibility index (Phi) is 36.4. The van der Waals surface area contributed by atoms with Gasteiger partial charge >= 0.3 is 15.6 Å². The maximum Gasteiger partial charge on any atom is 0.472 e. The van der Waals surface area contributed by atoms with Crippen molar-refractivity contribution in [3.63, 3.8) is 0 Å². The van der Waals surface area contributed by atoms with Crippen LogP contribution in [0.4, 0.5) is 0 Å². The summed E-state index contributed by atoms with van der Waals surface area (Å²) in [5.74, 6) is 1.37. The van der Waals surface area contributed by atoms with E-state index in [0.29, 0.717) is 50.1 Å². The zero-order chi connectivity index (χ0) is 32.3. The summed E-state index contributed by atoms with van der Waals surface area (Å²) in [6.45, 7) is 18.2. The third kappa shape index (κ3) is 30.6. The Balaban J connectivity index is -0.000000727. The second-order valence-corrected chi connectivity index (χ2v) is 14.7. The van der Waals surface area contributed by atoms with Crippen LogP contribution in [-0.2, 0) is 27.2 Å². The van der Waals surface area contributed by atoms with Gasteiger partial charge in [-0.3, -0.25) is 18.1 Å². The molecule has 8 nitrogen and oxygen atoms in total. The Morgan fingerprint density at radius 3 is 0.767 bits per heavy atom. The van der Waals surface area contributed by atoms with Crippen molar-refractivity contribution >= 4 is 53.4 Å². The van der Waals surface area contributed by atoms with Gasteiger partial charge in [-0.05, 0) is 49.4 Å². The molecule has 2 N–H and O–H groups in total. The average Bonchev–Trinajstić information content (AvgIpc) is 2.98. The van der Waals surface area contributed by atoms with Gasteiger partial charge in [0.15, 0.2) is 0 Å². The molecule has 4 unspecified atom stereocenters. The summed E-state index contributed by atoms with van der Waals surface area (Å²) < 4.78 is 44.5. The number of hydrogen-bond acceptors (Lipinski definition) is 6. The predicted molar refractivity (Wildman–Crippen MR) is 182 cm³/mol. The zero-order valence-corrected chi connectivity index (χ0v) is 33.4. The Bertz CT molecular complexity index is 582. The normalized spacial score (nSPS) is 17.0. The summed E-state index contributed by atoms with van der Waals surface area (Å²) in [6.07, 6.45) is 17.1. The molecule has 0 heterocycles. The van der Waals surface area contributed by atoms with Gasteiger partial charge in [-0.25, -0.2) is 9.13 Å². The van der Waals surface area contributed by atoms with E-state index in [1.54, 1.807) is 0 Å². The number of rotatable bonds is 28. The van der Waals surface area contributed by atoms with Crippen LogP contribution in [-0.4, -0.2) is 74.0 Å². The van der Waals surface area contributed by atoms with E-state index in [-0.39, 0.29) is 37.7 Å². The third-order valence-electron chi connectivity index (χ3n) is 8.07. The average molecular weight is 685 g/mol. The van der Waals surface area contributed by atoms with Crippen LogP contribution in [0.1, 0.15) is 158 Å². The molecule has 4 atom stereocenters. The summed E-state index contributed by atoms with van der Waals surface area (Å²) in [5.41, 5.74) is 0. The van der Waals surface area contributed by atoms with E-state index in [0.717, 1.165) is 103 Å². The van der Waals surface area contributed by atoms with Crippen molar-refractivity contribution in [3.8, 4) is 0 Å². The molecular weight excluding hydrogens is 614 g/mol. The Morgan fingerprint density at radius 1 is 0.442 bits per heavy atom. The van der Waals surface area contributed by atoms with Crippen molar-refractivity contribution in [2.45, 2.75) is 158 Å². The van der Waals surface area contributed by atoms with E-state index in [1.807, 2.05) is 0 Å². The maximum atomic E-state index is 11.9. The van der Waals surface area contributed by atoms with Crippen molar-refractivity contribution in [2.75, 3.05) is 26.4 Å². The van der Waals surface area contributed by atoms with Gasteiger partial charge in [0.1, 0.15) is 0 Å². The van der Waals surface area contributed by atoms with Crippen molar-refractivity contribution in [1.82, 2.24) is 0 Å². The number of phosphoric acid groups is 2. The van der Waals surface area contributed by atoms with E-state index >= 15 is 0 Å². The van der Waals surface area contributed by atoms with E-state index < -0.39 is 15.6 Å². The molecule has 0 amide bonds. The van der Waals surface area contributed by atoms with Crippen molar-refractivity contribution in [2.24, 2.45) is 23.7 Å². The van der Waals surface area contributed by atoms with Gasteiger partial charge < -0.3 is 9.79 Å². The van der Waals surface area contributed by atoms with Crippen LogP contribution >= 0.6 is 15.6 Å². The largest absolute Gasteiger partial charge is 0.472 e. The van der Waals surface area contributed by atoms with Crippen molar-refractivity contribution < 1.29 is 37.0 Å². The van der Waals surface area contributed by atoms with E-state index in [9.17, 15) is 18.9 Å². The molecule has 0 spiro atoms. The van der Waals surface area contributed by atoms with Gasteiger partial charge in [0, 0.05) is 37.7 Å². The molecule has 0 aromatic carbocycles. The van der Waals surface area contributed by atoms with Gasteiger partial charge in [0.2, 0.25) is 0 Å². The molecule has 0 aliphatic carbocycles. The summed E-state index contributed by atoms with van der Waals surface area (Å²) in [5, 5.41) is 0. The molecule has 43 heavy (non-hydrogen) atoms. The smallest absolute Gasteiger partial charge is 0.302 e. The fraction of sp³-hybridized carbons (Fsp3) is 1.00. The first-order valence-corrected chi connectivity index (χ1v) is 20.2. The maximum absolute atomic E-state index is 11.9. The number of phosphoric ester groups is 2. The first-order chi connectivity index (χ1) is 20.0. The Labute approximate surface area is 296 Å². The van der Waals surface area contributed by atoms with Crippen LogP contribution in [0.5, 0.6) is 0 Å². The summed E-state index contributed by atoms with van der Waals surface area (Å²) in [7, 11) is -7.78. The SMILES string of the molecule is CCCCC(CC)COP(=O)(O)OCC(CC)CCCC.CCCCC(CC)COP(=O)(O)OCC(CC)CCCC.[Ca]. The van der Waals surface area contributed by atoms with Crippen LogP contribution in [0.15, 0.2) is 0 Å². The molecule has 0 saturated carbocycles. The molecule has 0 saturated heterocycles. The molecule has 0 aliphatic rings. The molecule has 258 valence electrons. The van der Waals surface area contributed by atoms with Crippen molar-refractivity contribution in [1.29, 1.82) is 0 Å². The molecule has 0 aromatic rings. The molecule has 11 heteroatoms. The number of hydrogen-bond donors (Lipinski definition) is 2. The Morgan fingerprint density at radius 2 is 0.628 bits per heavy atom. The fourth-order valence-corrected chi connectivity index (χ4v) is 6.21. The molecule has 0 bridgehead atoms. The second kappa shape index (κ2) is 32.0. The third-order valence-corrected chi connectivity index (χ3v) is 9.97. The topological polar surface area (TPSA) is 112 Å². The standard InChI is InChI=1S/2C16H35O4P.Ca/c2*1-5-9-11-15(7-3)13-19-21(17,18)20-14-16(8-4)12-10-6-2;/h2*15-16H,5-14H2,1-4H3,(H,17,18);. The first-order valence-electron chi connectivity index (χ1n) is 17.2. The second-order valence-electron chi connectivity index (χ2n) is 11.8. The van der Waals surface area contributed by atoms with E-state index in [4.69, 9.17) is 18.1 Å². The summed E-state index contributed by atoms with van der Waals surface area (Å²) >= 11 is 0. The van der Waals surface area contributed by atoms with Gasteiger partial charge in [0.25, 0.3) is 0 Å². The minimum Gasteiger partial charge on any atom is -0.302 e. The fourth-order valence-electron chi connectivity index (χ4n) is 4.47. The van der Waals surface area contributed by atoms with Crippen molar-refractivity contribution in [3.05, 3.63) is 0 Å². The predicted octanol–water partition coefficient (Wildman–Crippen LogP) is 10.7. The molecule has 0 fully saturated rings. The molecule has 2 radical (unpaired) electrons. The van der Waals surface area contributed by atoms with Gasteiger partial charge in [-0.15, -0.1) is 0 Å². The van der Waals surface area contributed by atoms with Crippen LogP contribution in [0.2, 0.25) is 0 Å². The van der Waals surface area contributed by atoms with Gasteiger partial charge in [0.05, 0.1) is 26.4 Å². The van der Waals surface area contributed by atoms with E-state index in [2.05, 4.69) is 55.4 Å². The van der Waals surface area contributed by atoms with Gasteiger partial charge in [-0.2, -0.15) is 0 Å². The Hall–Kier alpha value is 1.48. The first kappa shape index (κ1) is 48.9. The molecule has 0 aromatic heterocycles. The van der Waals surface area contributed by atoms with Crippen LogP contribution in [0.25, 0.3) is 0 Å². The minimum absolute atomic E-state index is 0. The van der Waals surface area contributed by atoms with Gasteiger partial charge in [-0.1, -0.05) is 132 Å². The number of unbranched alkanes of at least 4 members (excludes halogenated alkanes) is 4. The zero-order valence-electron chi connectivity index (χ0n) is 29.4. The van der Waals surface area contributed by atoms with Crippen LogP contribution < -0.4 is 0 Å². The molecular formula is C32H70CaO8P2. The monoisotopic (exact) mass is 684 g/mol. The minimum atomic E-state index is -3.89. The van der Waals surface area contributed by atoms with Crippen LogP contribution in [0.3, 0.4) is 0 Å². The summed E-state index contributed by atoms with van der Waals surface area (Å²) in [4.78, 5) is 19.5. The molecule has 0 rings (SSSR count).